The van der Waals surface area contributed by atoms with Gasteiger partial charge in [0.05, 0.1) is 32.5 Å². The molecule has 0 amide bonds. The number of aryl methyl sites for hydroxylation is 1. The van der Waals surface area contributed by atoms with Crippen LogP contribution in [0.2, 0.25) is 0 Å². The van der Waals surface area contributed by atoms with Crippen molar-refractivity contribution in [2.24, 2.45) is 0 Å². The zero-order valence-electron chi connectivity index (χ0n) is 21.8. The summed E-state index contributed by atoms with van der Waals surface area (Å²) in [5.41, 5.74) is 1.06. The molecule has 2 aromatic rings. The smallest absolute Gasteiger partial charge is 0.493 e. The van der Waals surface area contributed by atoms with Gasteiger partial charge < -0.3 is 18.7 Å². The number of rotatable bonds is 9. The van der Waals surface area contributed by atoms with Crippen molar-refractivity contribution in [3.05, 3.63) is 47.0 Å². The van der Waals surface area contributed by atoms with Crippen molar-refractivity contribution in [2.75, 3.05) is 21.3 Å². The standard InChI is InChI=1S/C26H37O7P/c1-18-11-12-19(13-14-20-16-22(28-8)24(30-10)23(17-20)29-9)15-21(18)31-34(27,32-25(2,3)4)33-26(5,6)7/h11-17H,1-10H3/b14-13-. The zero-order valence-corrected chi connectivity index (χ0v) is 22.7. The van der Waals surface area contributed by atoms with E-state index in [1.807, 2.05) is 43.3 Å². The maximum atomic E-state index is 13.5. The third kappa shape index (κ3) is 8.08. The molecule has 0 N–H and O–H groups in total. The summed E-state index contributed by atoms with van der Waals surface area (Å²) < 4.78 is 47.2. The molecule has 0 heterocycles. The summed E-state index contributed by atoms with van der Waals surface area (Å²) in [6.45, 7) is 12.7. The largest absolute Gasteiger partial charge is 0.531 e. The van der Waals surface area contributed by atoms with E-state index in [4.69, 9.17) is 27.8 Å². The fraction of sp³-hybridized carbons (Fsp3) is 0.462. The predicted molar refractivity (Wildman–Crippen MR) is 136 cm³/mol. The molecule has 8 heteroatoms. The van der Waals surface area contributed by atoms with Gasteiger partial charge in [0.15, 0.2) is 11.5 Å². The van der Waals surface area contributed by atoms with Crippen LogP contribution in [0.4, 0.5) is 0 Å². The molecule has 0 radical (unpaired) electrons. The molecule has 2 rings (SSSR count). The third-order valence-corrected chi connectivity index (χ3v) is 6.31. The minimum Gasteiger partial charge on any atom is -0.493 e. The Labute approximate surface area is 203 Å². The van der Waals surface area contributed by atoms with Crippen molar-refractivity contribution in [3.63, 3.8) is 0 Å². The van der Waals surface area contributed by atoms with Crippen LogP contribution >= 0.6 is 7.82 Å². The molecule has 2 aromatic carbocycles. The number of hydrogen-bond acceptors (Lipinski definition) is 7. The highest BCUT2D eigenvalue weighted by Crippen LogP contribution is 2.55. The van der Waals surface area contributed by atoms with Crippen molar-refractivity contribution in [1.82, 2.24) is 0 Å². The van der Waals surface area contributed by atoms with Crippen LogP contribution in [0.5, 0.6) is 23.0 Å². The van der Waals surface area contributed by atoms with Gasteiger partial charge in [0, 0.05) is 0 Å². The van der Waals surface area contributed by atoms with Crippen molar-refractivity contribution < 1.29 is 32.3 Å². The Hall–Kier alpha value is -2.47. The molecule has 0 spiro atoms. The maximum absolute atomic E-state index is 13.5. The Kier molecular flexibility index (Phi) is 8.86. The fourth-order valence-electron chi connectivity index (χ4n) is 3.06. The van der Waals surface area contributed by atoms with Gasteiger partial charge in [0.1, 0.15) is 5.75 Å². The number of phosphoric ester groups is 1. The first-order chi connectivity index (χ1) is 15.7. The second kappa shape index (κ2) is 10.9. The van der Waals surface area contributed by atoms with Crippen LogP contribution < -0.4 is 18.7 Å². The summed E-state index contributed by atoms with van der Waals surface area (Å²) >= 11 is 0. The molecule has 0 saturated carbocycles. The molecule has 0 atom stereocenters. The normalized spacial score (nSPS) is 12.6. The van der Waals surface area contributed by atoms with Gasteiger partial charge in [-0.2, -0.15) is 0 Å². The van der Waals surface area contributed by atoms with E-state index in [1.54, 1.807) is 68.9 Å². The average Bonchev–Trinajstić information content (AvgIpc) is 2.70. The van der Waals surface area contributed by atoms with E-state index < -0.39 is 19.0 Å². The fourth-order valence-corrected chi connectivity index (χ4v) is 4.95. The number of phosphoric acid groups is 1. The maximum Gasteiger partial charge on any atom is 0.531 e. The molecule has 0 saturated heterocycles. The molecular weight excluding hydrogens is 455 g/mol. The lowest BCUT2D eigenvalue weighted by Gasteiger charge is -2.31. The van der Waals surface area contributed by atoms with Gasteiger partial charge in [-0.15, -0.1) is 0 Å². The number of benzene rings is 2. The highest BCUT2D eigenvalue weighted by Gasteiger charge is 2.39. The van der Waals surface area contributed by atoms with Gasteiger partial charge in [-0.05, 0) is 83.4 Å². The quantitative estimate of drug-likeness (QED) is 0.268. The summed E-state index contributed by atoms with van der Waals surface area (Å²) in [7, 11) is 0.806. The molecule has 0 aromatic heterocycles. The van der Waals surface area contributed by atoms with Gasteiger partial charge in [-0.1, -0.05) is 24.3 Å². The molecule has 0 bridgehead atoms. The average molecular weight is 493 g/mol. The van der Waals surface area contributed by atoms with E-state index in [2.05, 4.69) is 0 Å². The Bertz CT molecular complexity index is 1020. The molecule has 0 aliphatic carbocycles. The first-order valence-electron chi connectivity index (χ1n) is 11.0. The van der Waals surface area contributed by atoms with Gasteiger partial charge >= 0.3 is 7.82 Å². The molecule has 0 unspecified atom stereocenters. The van der Waals surface area contributed by atoms with Crippen molar-refractivity contribution in [1.29, 1.82) is 0 Å². The molecular formula is C26H37O7P. The second-order valence-electron chi connectivity index (χ2n) is 9.76. The van der Waals surface area contributed by atoms with Gasteiger partial charge in [-0.3, -0.25) is 9.05 Å². The number of ether oxygens (including phenoxy) is 3. The second-order valence-corrected chi connectivity index (χ2v) is 11.2. The Morgan fingerprint density at radius 3 is 1.62 bits per heavy atom. The topological polar surface area (TPSA) is 72.5 Å². The molecule has 0 aliphatic heterocycles. The molecule has 0 aliphatic rings. The summed E-state index contributed by atoms with van der Waals surface area (Å²) in [5, 5.41) is 0. The minimum atomic E-state index is -3.91. The van der Waals surface area contributed by atoms with E-state index in [1.165, 1.54) is 0 Å². The van der Waals surface area contributed by atoms with Crippen LogP contribution in [0, 0.1) is 6.92 Å². The Morgan fingerprint density at radius 1 is 0.706 bits per heavy atom. The zero-order chi connectivity index (χ0) is 25.7. The van der Waals surface area contributed by atoms with Crippen LogP contribution in [-0.2, 0) is 13.6 Å². The molecule has 7 nitrogen and oxygen atoms in total. The minimum absolute atomic E-state index is 0.420. The highest BCUT2D eigenvalue weighted by atomic mass is 31.2. The summed E-state index contributed by atoms with van der Waals surface area (Å²) in [6.07, 6.45) is 3.82. The van der Waals surface area contributed by atoms with E-state index in [9.17, 15) is 4.57 Å². The first-order valence-corrected chi connectivity index (χ1v) is 12.4. The van der Waals surface area contributed by atoms with Gasteiger partial charge in [0.25, 0.3) is 0 Å². The van der Waals surface area contributed by atoms with E-state index >= 15 is 0 Å². The summed E-state index contributed by atoms with van der Waals surface area (Å²) in [4.78, 5) is 0. The van der Waals surface area contributed by atoms with E-state index in [0.717, 1.165) is 16.7 Å². The third-order valence-electron chi connectivity index (χ3n) is 4.35. The lowest BCUT2D eigenvalue weighted by atomic mass is 10.1. The van der Waals surface area contributed by atoms with E-state index in [0.29, 0.717) is 23.0 Å². The molecule has 188 valence electrons. The SMILES string of the molecule is COc1cc(/C=C\c2ccc(C)c(OP(=O)(OC(C)(C)C)OC(C)(C)C)c2)cc(OC)c1OC. The van der Waals surface area contributed by atoms with Gasteiger partial charge in [-0.25, -0.2) is 4.57 Å². The van der Waals surface area contributed by atoms with Crippen LogP contribution in [0.25, 0.3) is 12.2 Å². The highest BCUT2D eigenvalue weighted by molar-refractivity contribution is 7.49. The Morgan fingerprint density at radius 2 is 1.18 bits per heavy atom. The van der Waals surface area contributed by atoms with Gasteiger partial charge in [0.2, 0.25) is 5.75 Å². The summed E-state index contributed by atoms with van der Waals surface area (Å²) in [6, 6.07) is 9.34. The van der Waals surface area contributed by atoms with Crippen LogP contribution in [0.1, 0.15) is 58.2 Å². The summed E-state index contributed by atoms with van der Waals surface area (Å²) in [5.74, 6) is 2.08. The van der Waals surface area contributed by atoms with Crippen LogP contribution in [-0.4, -0.2) is 32.5 Å². The number of hydrogen-bond donors (Lipinski definition) is 0. The Balaban J connectivity index is 2.39. The van der Waals surface area contributed by atoms with Crippen molar-refractivity contribution >= 4 is 20.0 Å². The lowest BCUT2D eigenvalue weighted by Crippen LogP contribution is -2.25. The van der Waals surface area contributed by atoms with Crippen molar-refractivity contribution in [2.45, 2.75) is 59.7 Å². The molecule has 0 fully saturated rings. The monoisotopic (exact) mass is 492 g/mol. The lowest BCUT2D eigenvalue weighted by molar-refractivity contribution is 0.0223. The number of methoxy groups -OCH3 is 3. The van der Waals surface area contributed by atoms with Crippen molar-refractivity contribution in [3.8, 4) is 23.0 Å². The first kappa shape index (κ1) is 27.8. The van der Waals surface area contributed by atoms with Crippen LogP contribution in [0.3, 0.4) is 0 Å². The predicted octanol–water partition coefficient (Wildman–Crippen LogP) is 7.31. The van der Waals surface area contributed by atoms with E-state index in [-0.39, 0.29) is 0 Å². The van der Waals surface area contributed by atoms with Crippen LogP contribution in [0.15, 0.2) is 30.3 Å². The molecule has 34 heavy (non-hydrogen) atoms.